The molecule has 0 radical (unpaired) electrons. The SMILES string of the molecule is COc1ccc(CN(C(=O)[C@H]2[C@H](C=C(C)C)C2(C)C)[C@@H]2CCS(=O)(=O)C2)cc1. The van der Waals surface area contributed by atoms with Crippen LogP contribution in [0.4, 0.5) is 0 Å². The van der Waals surface area contributed by atoms with Crippen LogP contribution in [0.3, 0.4) is 0 Å². The molecule has 1 aromatic carbocycles. The van der Waals surface area contributed by atoms with Crippen LogP contribution >= 0.6 is 0 Å². The van der Waals surface area contributed by atoms with Gasteiger partial charge in [-0.2, -0.15) is 0 Å². The number of carbonyl (C=O) groups excluding carboxylic acids is 1. The van der Waals surface area contributed by atoms with Crippen molar-refractivity contribution in [3.8, 4) is 5.75 Å². The molecule has 0 spiro atoms. The Morgan fingerprint density at radius 3 is 2.39 bits per heavy atom. The number of hydrogen-bond donors (Lipinski definition) is 0. The van der Waals surface area contributed by atoms with Crippen LogP contribution in [0, 0.1) is 17.3 Å². The lowest BCUT2D eigenvalue weighted by Crippen LogP contribution is -2.42. The molecule has 1 amide bonds. The average Bonchev–Trinajstić information content (AvgIpc) is 2.95. The molecule has 2 fully saturated rings. The Bertz CT molecular complexity index is 866. The van der Waals surface area contributed by atoms with Crippen LogP contribution in [0.25, 0.3) is 0 Å². The summed E-state index contributed by atoms with van der Waals surface area (Å²) in [6.45, 7) is 8.77. The first-order valence-corrected chi connectivity index (χ1v) is 11.7. The maximum absolute atomic E-state index is 13.5. The van der Waals surface area contributed by atoms with Gasteiger partial charge in [-0.3, -0.25) is 4.79 Å². The van der Waals surface area contributed by atoms with Gasteiger partial charge in [0, 0.05) is 12.6 Å². The number of nitrogens with zero attached hydrogens (tertiary/aromatic N) is 1. The zero-order chi connectivity index (χ0) is 20.7. The van der Waals surface area contributed by atoms with Gasteiger partial charge in [0.2, 0.25) is 5.91 Å². The van der Waals surface area contributed by atoms with Crippen LogP contribution in [-0.2, 0) is 21.2 Å². The third-order valence-electron chi connectivity index (χ3n) is 6.13. The van der Waals surface area contributed by atoms with Gasteiger partial charge < -0.3 is 9.64 Å². The van der Waals surface area contributed by atoms with Gasteiger partial charge in [-0.25, -0.2) is 8.42 Å². The standard InChI is InChI=1S/C22H31NO4S/c1-15(2)12-19-20(22(19,3)4)21(24)23(17-10-11-28(25,26)14-17)13-16-6-8-18(27-5)9-7-16/h6-9,12,17,19-20H,10-11,13-14H2,1-5H3/t17-,19+,20-/m1/s1. The van der Waals surface area contributed by atoms with Gasteiger partial charge in [0.05, 0.1) is 24.5 Å². The van der Waals surface area contributed by atoms with E-state index in [1.165, 1.54) is 5.57 Å². The number of amides is 1. The lowest BCUT2D eigenvalue weighted by Gasteiger charge is -2.29. The molecule has 1 heterocycles. The van der Waals surface area contributed by atoms with E-state index in [0.717, 1.165) is 11.3 Å². The fourth-order valence-corrected chi connectivity index (χ4v) is 6.06. The Balaban J connectivity index is 1.86. The van der Waals surface area contributed by atoms with Crippen molar-refractivity contribution >= 4 is 15.7 Å². The highest BCUT2D eigenvalue weighted by molar-refractivity contribution is 7.91. The number of ether oxygens (including phenoxy) is 1. The molecule has 3 atom stereocenters. The van der Waals surface area contributed by atoms with Crippen molar-refractivity contribution in [3.63, 3.8) is 0 Å². The zero-order valence-electron chi connectivity index (χ0n) is 17.4. The molecular formula is C22H31NO4S. The number of carbonyl (C=O) groups is 1. The van der Waals surface area contributed by atoms with Crippen molar-refractivity contribution in [2.75, 3.05) is 18.6 Å². The molecular weight excluding hydrogens is 374 g/mol. The third-order valence-corrected chi connectivity index (χ3v) is 7.88. The summed E-state index contributed by atoms with van der Waals surface area (Å²) in [4.78, 5) is 15.3. The van der Waals surface area contributed by atoms with Gasteiger partial charge >= 0.3 is 0 Å². The van der Waals surface area contributed by atoms with Crippen LogP contribution in [0.5, 0.6) is 5.75 Å². The number of rotatable bonds is 6. The minimum atomic E-state index is -3.07. The van der Waals surface area contributed by atoms with Crippen molar-refractivity contribution in [2.45, 2.75) is 46.7 Å². The lowest BCUT2D eigenvalue weighted by molar-refractivity contribution is -0.136. The van der Waals surface area contributed by atoms with Crippen LogP contribution < -0.4 is 4.74 Å². The quantitative estimate of drug-likeness (QED) is 0.680. The van der Waals surface area contributed by atoms with Gasteiger partial charge in [0.25, 0.3) is 0 Å². The highest BCUT2D eigenvalue weighted by Crippen LogP contribution is 2.60. The number of sulfone groups is 1. The number of hydrogen-bond acceptors (Lipinski definition) is 4. The molecule has 1 aromatic rings. The number of allylic oxidation sites excluding steroid dienone is 2. The van der Waals surface area contributed by atoms with Crippen molar-refractivity contribution in [2.24, 2.45) is 17.3 Å². The minimum Gasteiger partial charge on any atom is -0.497 e. The topological polar surface area (TPSA) is 63.7 Å². The molecule has 28 heavy (non-hydrogen) atoms. The fraction of sp³-hybridized carbons (Fsp3) is 0.591. The monoisotopic (exact) mass is 405 g/mol. The Morgan fingerprint density at radius 2 is 1.89 bits per heavy atom. The molecule has 1 aliphatic carbocycles. The van der Waals surface area contributed by atoms with E-state index in [1.54, 1.807) is 7.11 Å². The number of benzene rings is 1. The summed E-state index contributed by atoms with van der Waals surface area (Å²) >= 11 is 0. The van der Waals surface area contributed by atoms with Gasteiger partial charge in [-0.15, -0.1) is 0 Å². The molecule has 154 valence electrons. The maximum Gasteiger partial charge on any atom is 0.227 e. The summed E-state index contributed by atoms with van der Waals surface area (Å²) in [7, 11) is -1.45. The summed E-state index contributed by atoms with van der Waals surface area (Å²) in [5.74, 6) is 1.18. The van der Waals surface area contributed by atoms with E-state index < -0.39 is 9.84 Å². The average molecular weight is 406 g/mol. The molecule has 5 nitrogen and oxygen atoms in total. The molecule has 0 aromatic heterocycles. The zero-order valence-corrected chi connectivity index (χ0v) is 18.3. The summed E-state index contributed by atoms with van der Waals surface area (Å²) in [5.41, 5.74) is 2.10. The molecule has 1 saturated heterocycles. The van der Waals surface area contributed by atoms with E-state index in [9.17, 15) is 13.2 Å². The predicted molar refractivity (Wildman–Crippen MR) is 111 cm³/mol. The van der Waals surface area contributed by atoms with E-state index in [0.29, 0.717) is 13.0 Å². The van der Waals surface area contributed by atoms with E-state index in [2.05, 4.69) is 33.8 Å². The Hall–Kier alpha value is -1.82. The first-order valence-electron chi connectivity index (χ1n) is 9.84. The second-order valence-corrected chi connectivity index (χ2v) is 11.2. The third kappa shape index (κ3) is 4.27. The molecule has 1 aliphatic heterocycles. The van der Waals surface area contributed by atoms with Gasteiger partial charge in [0.15, 0.2) is 9.84 Å². The Labute approximate surface area is 168 Å². The molecule has 1 saturated carbocycles. The first kappa shape index (κ1) is 20.9. The molecule has 0 unspecified atom stereocenters. The van der Waals surface area contributed by atoms with Crippen LogP contribution in [0.2, 0.25) is 0 Å². The summed E-state index contributed by atoms with van der Waals surface area (Å²) in [6.07, 6.45) is 2.70. The van der Waals surface area contributed by atoms with Crippen LogP contribution in [0.1, 0.15) is 39.7 Å². The van der Waals surface area contributed by atoms with Crippen LogP contribution in [-0.4, -0.2) is 43.9 Å². The summed E-state index contributed by atoms with van der Waals surface area (Å²) < 4.78 is 29.3. The first-order chi connectivity index (χ1) is 13.0. The molecule has 2 aliphatic rings. The van der Waals surface area contributed by atoms with E-state index in [-0.39, 0.29) is 40.7 Å². The van der Waals surface area contributed by atoms with E-state index in [4.69, 9.17) is 4.74 Å². The Morgan fingerprint density at radius 1 is 1.25 bits per heavy atom. The second-order valence-electron chi connectivity index (χ2n) is 8.94. The lowest BCUT2D eigenvalue weighted by atomic mass is 10.1. The molecule has 0 bridgehead atoms. The smallest absolute Gasteiger partial charge is 0.227 e. The van der Waals surface area contributed by atoms with Crippen molar-refractivity contribution < 1.29 is 17.9 Å². The highest BCUT2D eigenvalue weighted by Gasteiger charge is 2.61. The Kier molecular flexibility index (Phi) is 5.63. The fourth-order valence-electron chi connectivity index (χ4n) is 4.33. The van der Waals surface area contributed by atoms with Crippen LogP contribution in [0.15, 0.2) is 35.9 Å². The summed E-state index contributed by atoms with van der Waals surface area (Å²) in [5, 5.41) is 0. The summed E-state index contributed by atoms with van der Waals surface area (Å²) in [6, 6.07) is 7.37. The van der Waals surface area contributed by atoms with E-state index >= 15 is 0 Å². The molecule has 6 heteroatoms. The van der Waals surface area contributed by atoms with Gasteiger partial charge in [-0.1, -0.05) is 37.6 Å². The molecule has 3 rings (SSSR count). The van der Waals surface area contributed by atoms with Gasteiger partial charge in [0.1, 0.15) is 5.75 Å². The number of methoxy groups -OCH3 is 1. The van der Waals surface area contributed by atoms with Crippen molar-refractivity contribution in [1.29, 1.82) is 0 Å². The largest absolute Gasteiger partial charge is 0.497 e. The van der Waals surface area contributed by atoms with Gasteiger partial charge in [-0.05, 0) is 49.3 Å². The second kappa shape index (κ2) is 7.54. The molecule has 0 N–H and O–H groups in total. The van der Waals surface area contributed by atoms with Crippen molar-refractivity contribution in [3.05, 3.63) is 41.5 Å². The predicted octanol–water partition coefficient (Wildman–Crippen LogP) is 3.45. The minimum absolute atomic E-state index is 0.0648. The van der Waals surface area contributed by atoms with Crippen molar-refractivity contribution in [1.82, 2.24) is 4.90 Å². The highest BCUT2D eigenvalue weighted by atomic mass is 32.2. The normalized spacial score (nSPS) is 27.1. The van der Waals surface area contributed by atoms with E-state index in [1.807, 2.05) is 29.2 Å². The maximum atomic E-state index is 13.5.